The van der Waals surface area contributed by atoms with Crippen LogP contribution in [0.15, 0.2) is 36.8 Å². The van der Waals surface area contributed by atoms with E-state index in [9.17, 15) is 0 Å². The fraction of sp³-hybridized carbons (Fsp3) is 0.438. The minimum atomic E-state index is 0.764. The number of aromatic nitrogens is 3. The Balaban J connectivity index is 1.74. The maximum atomic E-state index is 4.67. The van der Waals surface area contributed by atoms with Crippen molar-refractivity contribution >= 4 is 0 Å². The van der Waals surface area contributed by atoms with Gasteiger partial charge in [-0.1, -0.05) is 6.92 Å². The number of hydrogen-bond acceptors (Lipinski definition) is 4. The second-order valence-corrected chi connectivity index (χ2v) is 5.60. The first-order valence-electron chi connectivity index (χ1n) is 7.26. The van der Waals surface area contributed by atoms with Gasteiger partial charge in [0.2, 0.25) is 0 Å². The highest BCUT2D eigenvalue weighted by atomic mass is 15.1. The first kappa shape index (κ1) is 13.2. The Morgan fingerprint density at radius 1 is 1.30 bits per heavy atom. The molecule has 0 N–H and O–H groups in total. The molecule has 1 aliphatic rings. The molecule has 0 saturated carbocycles. The van der Waals surface area contributed by atoms with Crippen molar-refractivity contribution in [1.29, 1.82) is 0 Å². The largest absolute Gasteiger partial charge is 0.297 e. The lowest BCUT2D eigenvalue weighted by Gasteiger charge is -2.30. The standard InChI is InChI=1S/C16H20N4/c1-13-4-3-9-20(11-13)12-15-6-8-18-16(19-15)14-5-2-7-17-10-14/h2,5-8,10,13H,3-4,9,11-12H2,1H3. The van der Waals surface area contributed by atoms with Crippen LogP contribution in [0, 0.1) is 5.92 Å². The van der Waals surface area contributed by atoms with E-state index in [0.29, 0.717) is 0 Å². The second kappa shape index (κ2) is 6.09. The number of rotatable bonds is 3. The van der Waals surface area contributed by atoms with Crippen LogP contribution in [-0.4, -0.2) is 32.9 Å². The van der Waals surface area contributed by atoms with Crippen LogP contribution in [0.1, 0.15) is 25.5 Å². The molecular weight excluding hydrogens is 248 g/mol. The summed E-state index contributed by atoms with van der Waals surface area (Å²) in [5, 5.41) is 0. The van der Waals surface area contributed by atoms with Crippen molar-refractivity contribution in [2.24, 2.45) is 5.92 Å². The van der Waals surface area contributed by atoms with Gasteiger partial charge in [-0.2, -0.15) is 0 Å². The molecule has 104 valence electrons. The molecule has 0 aromatic carbocycles. The van der Waals surface area contributed by atoms with Crippen molar-refractivity contribution in [3.05, 3.63) is 42.5 Å². The third kappa shape index (κ3) is 3.20. The molecule has 3 heterocycles. The summed E-state index contributed by atoms with van der Waals surface area (Å²) >= 11 is 0. The quantitative estimate of drug-likeness (QED) is 0.858. The second-order valence-electron chi connectivity index (χ2n) is 5.60. The van der Waals surface area contributed by atoms with E-state index in [0.717, 1.165) is 29.5 Å². The molecule has 4 nitrogen and oxygen atoms in total. The van der Waals surface area contributed by atoms with Gasteiger partial charge in [0.25, 0.3) is 0 Å². The predicted molar refractivity (Wildman–Crippen MR) is 78.9 cm³/mol. The zero-order valence-electron chi connectivity index (χ0n) is 11.9. The maximum Gasteiger partial charge on any atom is 0.160 e. The monoisotopic (exact) mass is 268 g/mol. The molecule has 1 unspecified atom stereocenters. The average molecular weight is 268 g/mol. The Labute approximate surface area is 119 Å². The zero-order valence-corrected chi connectivity index (χ0v) is 11.9. The van der Waals surface area contributed by atoms with Gasteiger partial charge < -0.3 is 0 Å². The van der Waals surface area contributed by atoms with Crippen LogP contribution in [-0.2, 0) is 6.54 Å². The minimum Gasteiger partial charge on any atom is -0.297 e. The van der Waals surface area contributed by atoms with Gasteiger partial charge in [0.05, 0.1) is 5.69 Å². The van der Waals surface area contributed by atoms with Gasteiger partial charge in [-0.25, -0.2) is 9.97 Å². The first-order valence-corrected chi connectivity index (χ1v) is 7.26. The van der Waals surface area contributed by atoms with E-state index in [1.807, 2.05) is 30.6 Å². The van der Waals surface area contributed by atoms with Crippen molar-refractivity contribution in [2.45, 2.75) is 26.3 Å². The van der Waals surface area contributed by atoms with E-state index in [-0.39, 0.29) is 0 Å². The van der Waals surface area contributed by atoms with E-state index >= 15 is 0 Å². The van der Waals surface area contributed by atoms with Crippen LogP contribution < -0.4 is 0 Å². The summed E-state index contributed by atoms with van der Waals surface area (Å²) in [7, 11) is 0. The highest BCUT2D eigenvalue weighted by molar-refractivity contribution is 5.52. The lowest BCUT2D eigenvalue weighted by Crippen LogP contribution is -2.34. The van der Waals surface area contributed by atoms with Gasteiger partial charge in [0.15, 0.2) is 5.82 Å². The molecule has 3 rings (SSSR count). The SMILES string of the molecule is CC1CCCN(Cc2ccnc(-c3cccnc3)n2)C1. The van der Waals surface area contributed by atoms with Crippen LogP contribution in [0.5, 0.6) is 0 Å². The molecule has 1 fully saturated rings. The summed E-state index contributed by atoms with van der Waals surface area (Å²) in [5.41, 5.74) is 2.06. The molecule has 20 heavy (non-hydrogen) atoms. The zero-order chi connectivity index (χ0) is 13.8. The topological polar surface area (TPSA) is 41.9 Å². The Bertz CT molecular complexity index is 555. The molecular formula is C16H20N4. The number of likely N-dealkylation sites (tertiary alicyclic amines) is 1. The molecule has 1 saturated heterocycles. The van der Waals surface area contributed by atoms with Crippen molar-refractivity contribution < 1.29 is 0 Å². The molecule has 4 heteroatoms. The summed E-state index contributed by atoms with van der Waals surface area (Å²) in [6, 6.07) is 5.92. The first-order chi connectivity index (χ1) is 9.81. The smallest absolute Gasteiger partial charge is 0.160 e. The normalized spacial score (nSPS) is 19.9. The van der Waals surface area contributed by atoms with Gasteiger partial charge in [-0.3, -0.25) is 9.88 Å². The number of hydrogen-bond donors (Lipinski definition) is 0. The van der Waals surface area contributed by atoms with Gasteiger partial charge >= 0.3 is 0 Å². The summed E-state index contributed by atoms with van der Waals surface area (Å²) < 4.78 is 0. The van der Waals surface area contributed by atoms with Crippen molar-refractivity contribution in [2.75, 3.05) is 13.1 Å². The molecule has 0 bridgehead atoms. The Kier molecular flexibility index (Phi) is 4.02. The highest BCUT2D eigenvalue weighted by Gasteiger charge is 2.16. The summed E-state index contributed by atoms with van der Waals surface area (Å²) in [4.78, 5) is 15.6. The maximum absolute atomic E-state index is 4.67. The Hall–Kier alpha value is -1.81. The van der Waals surface area contributed by atoms with Gasteiger partial charge in [0, 0.05) is 37.2 Å². The van der Waals surface area contributed by atoms with Gasteiger partial charge in [-0.05, 0) is 43.5 Å². The predicted octanol–water partition coefficient (Wildman–Crippen LogP) is 2.77. The number of piperidine rings is 1. The van der Waals surface area contributed by atoms with Crippen LogP contribution >= 0.6 is 0 Å². The van der Waals surface area contributed by atoms with E-state index in [2.05, 4.69) is 26.8 Å². The van der Waals surface area contributed by atoms with Crippen molar-refractivity contribution in [3.8, 4) is 11.4 Å². The fourth-order valence-corrected chi connectivity index (χ4v) is 2.78. The van der Waals surface area contributed by atoms with E-state index in [1.165, 1.54) is 25.9 Å². The molecule has 0 amide bonds. The summed E-state index contributed by atoms with van der Waals surface area (Å²) in [6.07, 6.45) is 8.06. The number of pyridine rings is 1. The summed E-state index contributed by atoms with van der Waals surface area (Å²) in [5.74, 6) is 1.56. The third-order valence-corrected chi connectivity index (χ3v) is 3.76. The highest BCUT2D eigenvalue weighted by Crippen LogP contribution is 2.18. The van der Waals surface area contributed by atoms with E-state index in [1.54, 1.807) is 6.20 Å². The van der Waals surface area contributed by atoms with Crippen LogP contribution in [0.3, 0.4) is 0 Å². The minimum absolute atomic E-state index is 0.764. The van der Waals surface area contributed by atoms with Crippen LogP contribution in [0.25, 0.3) is 11.4 Å². The van der Waals surface area contributed by atoms with Gasteiger partial charge in [-0.15, -0.1) is 0 Å². The summed E-state index contributed by atoms with van der Waals surface area (Å²) in [6.45, 7) is 5.59. The fourth-order valence-electron chi connectivity index (χ4n) is 2.78. The Morgan fingerprint density at radius 2 is 2.25 bits per heavy atom. The lowest BCUT2D eigenvalue weighted by atomic mass is 10.0. The lowest BCUT2D eigenvalue weighted by molar-refractivity contribution is 0.175. The Morgan fingerprint density at radius 3 is 3.05 bits per heavy atom. The average Bonchev–Trinajstić information content (AvgIpc) is 2.48. The van der Waals surface area contributed by atoms with Crippen molar-refractivity contribution in [1.82, 2.24) is 19.9 Å². The van der Waals surface area contributed by atoms with Crippen molar-refractivity contribution in [3.63, 3.8) is 0 Å². The third-order valence-electron chi connectivity index (χ3n) is 3.76. The number of nitrogens with zero attached hydrogens (tertiary/aromatic N) is 4. The van der Waals surface area contributed by atoms with Gasteiger partial charge in [0.1, 0.15) is 0 Å². The van der Waals surface area contributed by atoms with E-state index < -0.39 is 0 Å². The molecule has 0 spiro atoms. The van der Waals surface area contributed by atoms with Crippen LogP contribution in [0.2, 0.25) is 0 Å². The van der Waals surface area contributed by atoms with Crippen LogP contribution in [0.4, 0.5) is 0 Å². The molecule has 0 radical (unpaired) electrons. The van der Waals surface area contributed by atoms with E-state index in [4.69, 9.17) is 0 Å². The molecule has 2 aromatic heterocycles. The molecule has 1 aliphatic heterocycles. The molecule has 1 atom stereocenters. The molecule has 0 aliphatic carbocycles. The molecule has 2 aromatic rings.